The second-order valence-electron chi connectivity index (χ2n) is 6.71. The number of hydrogen-bond donors (Lipinski definition) is 0. The fraction of sp³-hybridized carbons (Fsp3) is 0.765. The predicted octanol–water partition coefficient (Wildman–Crippen LogP) is 4.55. The fourth-order valence-electron chi connectivity index (χ4n) is 3.29. The van der Waals surface area contributed by atoms with Crippen molar-refractivity contribution >= 4 is 5.97 Å². The highest BCUT2D eigenvalue weighted by Crippen LogP contribution is 2.50. The van der Waals surface area contributed by atoms with Gasteiger partial charge in [-0.1, -0.05) is 26.3 Å². The quantitative estimate of drug-likeness (QED) is 0.423. The topological polar surface area (TPSA) is 26.3 Å². The lowest BCUT2D eigenvalue weighted by Crippen LogP contribution is -2.38. The maximum Gasteiger partial charge on any atom is 0.330 e. The summed E-state index contributed by atoms with van der Waals surface area (Å²) < 4.78 is 4.67. The van der Waals surface area contributed by atoms with Crippen LogP contribution in [0.5, 0.6) is 0 Å². The van der Waals surface area contributed by atoms with Crippen molar-refractivity contribution in [2.24, 2.45) is 17.3 Å². The SMILES string of the molecule is COC(=O)/C=C(\C)CCC1[C+](C)CCC(C)C1(C)C. The molecule has 0 heterocycles. The molecule has 108 valence electrons. The van der Waals surface area contributed by atoms with Crippen LogP contribution in [0.2, 0.25) is 0 Å². The van der Waals surface area contributed by atoms with Crippen molar-refractivity contribution in [3.8, 4) is 0 Å². The molecule has 1 aliphatic carbocycles. The van der Waals surface area contributed by atoms with Crippen molar-refractivity contribution in [1.82, 2.24) is 0 Å². The molecule has 2 unspecified atom stereocenters. The van der Waals surface area contributed by atoms with Crippen LogP contribution in [-0.2, 0) is 9.53 Å². The Labute approximate surface area is 118 Å². The minimum atomic E-state index is -0.241. The van der Waals surface area contributed by atoms with Gasteiger partial charge in [0.25, 0.3) is 0 Å². The van der Waals surface area contributed by atoms with Crippen molar-refractivity contribution in [1.29, 1.82) is 0 Å². The third kappa shape index (κ3) is 4.02. The summed E-state index contributed by atoms with van der Waals surface area (Å²) in [6.45, 7) is 11.5. The summed E-state index contributed by atoms with van der Waals surface area (Å²) in [6.07, 6.45) is 6.31. The molecule has 0 saturated heterocycles. The summed E-state index contributed by atoms with van der Waals surface area (Å²) in [4.78, 5) is 11.2. The zero-order chi connectivity index (χ0) is 14.6. The molecule has 1 rings (SSSR count). The van der Waals surface area contributed by atoms with E-state index in [0.29, 0.717) is 11.3 Å². The molecule has 0 radical (unpaired) electrons. The molecule has 0 aromatic rings. The molecule has 2 atom stereocenters. The maximum absolute atomic E-state index is 11.2. The number of carbonyl (C=O) groups excluding carboxylic acids is 1. The molecule has 19 heavy (non-hydrogen) atoms. The Bertz CT molecular complexity index is 341. The van der Waals surface area contributed by atoms with E-state index < -0.39 is 0 Å². The number of ether oxygens (including phenoxy) is 1. The molecule has 1 aliphatic rings. The van der Waals surface area contributed by atoms with Crippen LogP contribution in [0.15, 0.2) is 11.6 Å². The van der Waals surface area contributed by atoms with Gasteiger partial charge in [-0.15, -0.1) is 0 Å². The first-order valence-electron chi connectivity index (χ1n) is 7.36. The molecule has 2 heteroatoms. The van der Waals surface area contributed by atoms with E-state index >= 15 is 0 Å². The van der Waals surface area contributed by atoms with Crippen LogP contribution in [0.3, 0.4) is 0 Å². The number of carbonyl (C=O) groups is 1. The molecule has 1 fully saturated rings. The lowest BCUT2D eigenvalue weighted by molar-refractivity contribution is -0.134. The van der Waals surface area contributed by atoms with Gasteiger partial charge in [0.1, 0.15) is 5.92 Å². The lowest BCUT2D eigenvalue weighted by Gasteiger charge is -2.41. The molecule has 0 amide bonds. The van der Waals surface area contributed by atoms with E-state index in [9.17, 15) is 4.79 Å². The van der Waals surface area contributed by atoms with Crippen LogP contribution in [0.1, 0.15) is 60.3 Å². The average molecular weight is 265 g/mol. The fourth-order valence-corrected chi connectivity index (χ4v) is 3.29. The maximum atomic E-state index is 11.2. The first-order valence-corrected chi connectivity index (χ1v) is 7.36. The van der Waals surface area contributed by atoms with Crippen molar-refractivity contribution in [3.05, 3.63) is 17.6 Å². The highest BCUT2D eigenvalue weighted by atomic mass is 16.5. The van der Waals surface area contributed by atoms with E-state index in [4.69, 9.17) is 0 Å². The number of hydrogen-bond acceptors (Lipinski definition) is 2. The minimum Gasteiger partial charge on any atom is -0.466 e. The molecular formula is C17H29O2+. The van der Waals surface area contributed by atoms with Crippen LogP contribution >= 0.6 is 0 Å². The summed E-state index contributed by atoms with van der Waals surface area (Å²) in [7, 11) is 1.43. The summed E-state index contributed by atoms with van der Waals surface area (Å²) in [5, 5.41) is 0. The van der Waals surface area contributed by atoms with E-state index in [1.807, 2.05) is 6.92 Å². The zero-order valence-electron chi connectivity index (χ0n) is 13.4. The minimum absolute atomic E-state index is 0.241. The van der Waals surface area contributed by atoms with Gasteiger partial charge in [-0.2, -0.15) is 0 Å². The second kappa shape index (κ2) is 6.49. The summed E-state index contributed by atoms with van der Waals surface area (Å²) in [5.74, 6) is 2.83. The van der Waals surface area contributed by atoms with Gasteiger partial charge in [0.05, 0.1) is 26.4 Å². The molecule has 1 saturated carbocycles. The van der Waals surface area contributed by atoms with Crippen molar-refractivity contribution < 1.29 is 9.53 Å². The van der Waals surface area contributed by atoms with E-state index in [-0.39, 0.29) is 5.97 Å². The smallest absolute Gasteiger partial charge is 0.330 e. The molecule has 2 nitrogen and oxygen atoms in total. The van der Waals surface area contributed by atoms with E-state index in [0.717, 1.165) is 24.3 Å². The van der Waals surface area contributed by atoms with Gasteiger partial charge in [0, 0.05) is 11.5 Å². The predicted molar refractivity (Wildman–Crippen MR) is 79.6 cm³/mol. The normalized spacial score (nSPS) is 27.3. The van der Waals surface area contributed by atoms with Gasteiger partial charge in [-0.3, -0.25) is 0 Å². The first-order chi connectivity index (χ1) is 8.78. The van der Waals surface area contributed by atoms with Gasteiger partial charge in [0.2, 0.25) is 0 Å². The molecular weight excluding hydrogens is 236 g/mol. The van der Waals surface area contributed by atoms with Gasteiger partial charge < -0.3 is 4.74 Å². The molecule has 0 aliphatic heterocycles. The number of methoxy groups -OCH3 is 1. The van der Waals surface area contributed by atoms with Gasteiger partial charge in [-0.25, -0.2) is 4.79 Å². The molecule has 0 bridgehead atoms. The number of esters is 1. The van der Waals surface area contributed by atoms with Crippen LogP contribution in [0.25, 0.3) is 0 Å². The summed E-state index contributed by atoms with van der Waals surface area (Å²) in [6, 6.07) is 0. The third-order valence-corrected chi connectivity index (χ3v) is 5.13. The van der Waals surface area contributed by atoms with E-state index in [1.54, 1.807) is 12.0 Å². The third-order valence-electron chi connectivity index (χ3n) is 5.13. The second-order valence-corrected chi connectivity index (χ2v) is 6.71. The largest absolute Gasteiger partial charge is 0.466 e. The van der Waals surface area contributed by atoms with Crippen LogP contribution in [0, 0.1) is 23.2 Å². The van der Waals surface area contributed by atoms with Gasteiger partial charge in [-0.05, 0) is 32.1 Å². The van der Waals surface area contributed by atoms with Crippen molar-refractivity contribution in [2.45, 2.75) is 60.3 Å². The summed E-state index contributed by atoms with van der Waals surface area (Å²) >= 11 is 0. The van der Waals surface area contributed by atoms with Crippen LogP contribution in [0.4, 0.5) is 0 Å². The van der Waals surface area contributed by atoms with Crippen molar-refractivity contribution in [2.75, 3.05) is 7.11 Å². The number of rotatable bonds is 4. The Kier molecular flexibility index (Phi) is 5.51. The van der Waals surface area contributed by atoms with Gasteiger partial charge in [0.15, 0.2) is 0 Å². The number of allylic oxidation sites excluding steroid dienone is 1. The Balaban J connectivity index is 2.64. The Hall–Kier alpha value is -0.920. The molecule has 0 N–H and O–H groups in total. The Morgan fingerprint density at radius 1 is 1.47 bits per heavy atom. The Morgan fingerprint density at radius 2 is 2.11 bits per heavy atom. The molecule has 0 aromatic carbocycles. The van der Waals surface area contributed by atoms with E-state index in [1.165, 1.54) is 20.0 Å². The lowest BCUT2D eigenvalue weighted by atomic mass is 9.58. The zero-order valence-corrected chi connectivity index (χ0v) is 13.4. The Morgan fingerprint density at radius 3 is 2.68 bits per heavy atom. The standard InChI is InChI=1S/C17H29O2/c1-12(11-16(18)19-6)7-10-15-13(2)8-9-14(3)17(15,4)5/h11,14-15H,7-10H2,1-6H3/q+1/b12-11+. The molecule has 0 spiro atoms. The highest BCUT2D eigenvalue weighted by Gasteiger charge is 2.47. The average Bonchev–Trinajstić information content (AvgIpc) is 2.33. The monoisotopic (exact) mass is 265 g/mol. The highest BCUT2D eigenvalue weighted by molar-refractivity contribution is 5.82. The first kappa shape index (κ1) is 16.1. The van der Waals surface area contributed by atoms with Crippen LogP contribution < -0.4 is 0 Å². The van der Waals surface area contributed by atoms with Crippen molar-refractivity contribution in [3.63, 3.8) is 0 Å². The van der Waals surface area contributed by atoms with E-state index in [2.05, 4.69) is 32.4 Å². The summed E-state index contributed by atoms with van der Waals surface area (Å²) in [5.41, 5.74) is 1.49. The van der Waals surface area contributed by atoms with Gasteiger partial charge >= 0.3 is 5.97 Å². The molecule has 0 aromatic heterocycles. The van der Waals surface area contributed by atoms with Crippen LogP contribution in [-0.4, -0.2) is 13.1 Å².